The summed E-state index contributed by atoms with van der Waals surface area (Å²) in [5, 5.41) is 14.7. The summed E-state index contributed by atoms with van der Waals surface area (Å²) in [5.74, 6) is 0. The van der Waals surface area contributed by atoms with Gasteiger partial charge in [-0.3, -0.25) is 0 Å². The van der Waals surface area contributed by atoms with Crippen molar-refractivity contribution >= 4 is 24.0 Å². The normalized spacial score (nSPS) is 10.5. The maximum atomic E-state index is 5.53. The lowest BCUT2D eigenvalue weighted by Gasteiger charge is -1.93. The van der Waals surface area contributed by atoms with Crippen molar-refractivity contribution in [3.8, 4) is 0 Å². The number of anilines is 1. The van der Waals surface area contributed by atoms with Gasteiger partial charge in [0, 0.05) is 6.07 Å². The Balaban J connectivity index is 2.91. The molecule has 55 valence electrons. The van der Waals surface area contributed by atoms with Crippen LogP contribution < -0.4 is 5.73 Å². The third kappa shape index (κ3) is 0.855. The van der Waals surface area contributed by atoms with E-state index in [4.69, 9.17) is 18.4 Å². The lowest BCUT2D eigenvalue weighted by molar-refractivity contribution is 0.704. The van der Waals surface area contributed by atoms with Crippen molar-refractivity contribution in [1.29, 1.82) is 0 Å². The number of rotatable bonds is 0. The van der Waals surface area contributed by atoms with Crippen LogP contribution in [0.3, 0.4) is 0 Å². The second-order valence-corrected chi connectivity index (χ2v) is 2.35. The molecule has 2 aromatic rings. The maximum Gasteiger partial charge on any atom is 0.222 e. The summed E-state index contributed by atoms with van der Waals surface area (Å²) in [5.41, 5.74) is 6.40. The molecular formula is C4H3N6S. The largest absolute Gasteiger partial charge is 0.395 e. The fourth-order valence-electron chi connectivity index (χ4n) is 0.743. The van der Waals surface area contributed by atoms with Gasteiger partial charge in [0.25, 0.3) is 0 Å². The van der Waals surface area contributed by atoms with Crippen molar-refractivity contribution in [2.45, 2.75) is 5.03 Å². The molecule has 0 amide bonds. The second kappa shape index (κ2) is 1.99. The molecule has 0 spiro atoms. The van der Waals surface area contributed by atoms with Gasteiger partial charge in [-0.2, -0.15) is 0 Å². The number of aromatic nitrogens is 5. The van der Waals surface area contributed by atoms with Crippen molar-refractivity contribution in [2.24, 2.45) is 0 Å². The summed E-state index contributed by atoms with van der Waals surface area (Å²) in [6, 6.07) is 1.54. The molecule has 0 aromatic carbocycles. The van der Waals surface area contributed by atoms with Crippen LogP contribution in [0.25, 0.3) is 5.65 Å². The number of tetrazole rings is 1. The van der Waals surface area contributed by atoms with Crippen LogP contribution in [0.2, 0.25) is 0 Å². The molecule has 7 heteroatoms. The van der Waals surface area contributed by atoms with E-state index in [1.807, 2.05) is 0 Å². The fourth-order valence-corrected chi connectivity index (χ4v) is 0.947. The first kappa shape index (κ1) is 6.23. The Morgan fingerprint density at radius 1 is 1.55 bits per heavy atom. The predicted molar refractivity (Wildman–Crippen MR) is 38.8 cm³/mol. The average Bonchev–Trinajstić information content (AvgIpc) is 2.34. The summed E-state index contributed by atoms with van der Waals surface area (Å²) in [6.45, 7) is 0. The highest BCUT2D eigenvalue weighted by Gasteiger charge is 2.03. The minimum Gasteiger partial charge on any atom is -0.395 e. The SMILES string of the molecule is Nc1cc([S])nn2nnnc12. The van der Waals surface area contributed by atoms with Gasteiger partial charge in [0.2, 0.25) is 5.65 Å². The van der Waals surface area contributed by atoms with Crippen molar-refractivity contribution in [3.63, 3.8) is 0 Å². The van der Waals surface area contributed by atoms with Crippen LogP contribution in [0.5, 0.6) is 0 Å². The zero-order valence-corrected chi connectivity index (χ0v) is 6.12. The van der Waals surface area contributed by atoms with E-state index in [9.17, 15) is 0 Å². The van der Waals surface area contributed by atoms with Crippen LogP contribution in [-0.4, -0.2) is 25.3 Å². The van der Waals surface area contributed by atoms with Crippen molar-refractivity contribution in [1.82, 2.24) is 25.3 Å². The molecule has 6 nitrogen and oxygen atoms in total. The summed E-state index contributed by atoms with van der Waals surface area (Å²) in [7, 11) is 0. The summed E-state index contributed by atoms with van der Waals surface area (Å²) in [6.07, 6.45) is 0. The Hall–Kier alpha value is -1.50. The molecule has 2 aromatic heterocycles. The topological polar surface area (TPSA) is 82.0 Å². The number of nitrogens with two attached hydrogens (primary N) is 1. The lowest BCUT2D eigenvalue weighted by Crippen LogP contribution is -1.98. The zero-order valence-electron chi connectivity index (χ0n) is 5.30. The van der Waals surface area contributed by atoms with Gasteiger partial charge in [0.05, 0.1) is 5.69 Å². The van der Waals surface area contributed by atoms with Crippen LogP contribution in [0.4, 0.5) is 5.69 Å². The van der Waals surface area contributed by atoms with Gasteiger partial charge in [-0.15, -0.1) is 14.8 Å². The van der Waals surface area contributed by atoms with Crippen molar-refractivity contribution in [3.05, 3.63) is 6.07 Å². The predicted octanol–water partition coefficient (Wildman–Crippen LogP) is -0.342. The van der Waals surface area contributed by atoms with Gasteiger partial charge < -0.3 is 5.73 Å². The molecule has 11 heavy (non-hydrogen) atoms. The molecule has 0 unspecified atom stereocenters. The number of nitrogens with zero attached hydrogens (tertiary/aromatic N) is 5. The quantitative estimate of drug-likeness (QED) is 0.580. The second-order valence-electron chi connectivity index (χ2n) is 1.93. The van der Waals surface area contributed by atoms with E-state index in [-0.39, 0.29) is 0 Å². The fraction of sp³-hybridized carbons (Fsp3) is 0. The van der Waals surface area contributed by atoms with Gasteiger partial charge in [0.1, 0.15) is 0 Å². The van der Waals surface area contributed by atoms with Gasteiger partial charge >= 0.3 is 0 Å². The summed E-state index contributed by atoms with van der Waals surface area (Å²) in [4.78, 5) is 0. The van der Waals surface area contributed by atoms with E-state index >= 15 is 0 Å². The molecule has 0 aliphatic rings. The first-order valence-electron chi connectivity index (χ1n) is 2.79. The highest BCUT2D eigenvalue weighted by atomic mass is 32.1. The Kier molecular flexibility index (Phi) is 1.13. The van der Waals surface area contributed by atoms with Crippen molar-refractivity contribution in [2.75, 3.05) is 5.73 Å². The van der Waals surface area contributed by atoms with E-state index in [0.717, 1.165) is 0 Å². The molecule has 0 aliphatic carbocycles. The first-order chi connectivity index (χ1) is 5.27. The number of hydrogen-bond donors (Lipinski definition) is 1. The molecule has 0 aliphatic heterocycles. The summed E-state index contributed by atoms with van der Waals surface area (Å²) >= 11 is 4.79. The third-order valence-electron chi connectivity index (χ3n) is 1.18. The zero-order chi connectivity index (χ0) is 7.84. The molecule has 1 radical (unpaired) electrons. The van der Waals surface area contributed by atoms with E-state index < -0.39 is 0 Å². The van der Waals surface area contributed by atoms with Crippen molar-refractivity contribution < 1.29 is 0 Å². The van der Waals surface area contributed by atoms with Crippen LogP contribution >= 0.6 is 12.6 Å². The van der Waals surface area contributed by atoms with Gasteiger partial charge in [-0.05, 0) is 10.4 Å². The number of fused-ring (bicyclic) bond motifs is 1. The monoisotopic (exact) mass is 167 g/mol. The number of hydrogen-bond acceptors (Lipinski definition) is 5. The van der Waals surface area contributed by atoms with E-state index in [0.29, 0.717) is 16.4 Å². The van der Waals surface area contributed by atoms with Gasteiger partial charge in [-0.25, -0.2) is 0 Å². The molecular weight excluding hydrogens is 164 g/mol. The summed E-state index contributed by atoms with van der Waals surface area (Å²) < 4.78 is 1.21. The van der Waals surface area contributed by atoms with E-state index in [1.54, 1.807) is 6.07 Å². The van der Waals surface area contributed by atoms with Gasteiger partial charge in [-0.1, -0.05) is 12.6 Å². The van der Waals surface area contributed by atoms with Crippen LogP contribution in [-0.2, 0) is 0 Å². The minimum atomic E-state index is 0.377. The van der Waals surface area contributed by atoms with Crippen LogP contribution in [0.1, 0.15) is 0 Å². The number of nitrogen functional groups attached to an aromatic ring is 1. The highest BCUT2D eigenvalue weighted by molar-refractivity contribution is 7.80. The Morgan fingerprint density at radius 3 is 3.18 bits per heavy atom. The van der Waals surface area contributed by atoms with E-state index in [1.165, 1.54) is 4.63 Å². The minimum absolute atomic E-state index is 0.377. The molecule has 0 bridgehead atoms. The Labute approximate surface area is 66.8 Å². The molecule has 2 rings (SSSR count). The first-order valence-corrected chi connectivity index (χ1v) is 3.20. The average molecular weight is 167 g/mol. The molecule has 0 saturated carbocycles. The molecule has 0 atom stereocenters. The molecule has 2 N–H and O–H groups in total. The molecule has 0 fully saturated rings. The standard InChI is InChI=1S/C4H3N6S/c5-2-1-3(11)7-10-4(2)6-8-9-10/h1H,5H2. The van der Waals surface area contributed by atoms with Crippen LogP contribution in [0, 0.1) is 0 Å². The lowest BCUT2D eigenvalue weighted by atomic mass is 10.5. The van der Waals surface area contributed by atoms with E-state index in [2.05, 4.69) is 20.6 Å². The molecule has 0 saturated heterocycles. The molecule has 2 heterocycles. The van der Waals surface area contributed by atoms with Gasteiger partial charge in [0.15, 0.2) is 5.03 Å². The smallest absolute Gasteiger partial charge is 0.222 e. The maximum absolute atomic E-state index is 5.53. The Bertz CT molecular complexity index is 394. The Morgan fingerprint density at radius 2 is 2.36 bits per heavy atom. The van der Waals surface area contributed by atoms with Crippen LogP contribution in [0.15, 0.2) is 11.1 Å². The third-order valence-corrected chi connectivity index (χ3v) is 1.38. The highest BCUT2D eigenvalue weighted by Crippen LogP contribution is 2.10.